The van der Waals surface area contributed by atoms with Gasteiger partial charge in [-0.3, -0.25) is 4.90 Å². The van der Waals surface area contributed by atoms with Crippen LogP contribution < -0.4 is 14.8 Å². The molecule has 152 valence electrons. The highest BCUT2D eigenvalue weighted by atomic mass is 16.5. The first kappa shape index (κ1) is 20.3. The molecule has 3 rings (SSSR count). The smallest absolute Gasteiger partial charge is 0.337 e. The number of carbonyl (C=O) groups excluding carboxylic acids is 2. The maximum atomic E-state index is 13.0. The number of esters is 1. The van der Waals surface area contributed by atoms with E-state index in [-0.39, 0.29) is 6.03 Å². The van der Waals surface area contributed by atoms with E-state index in [1.54, 1.807) is 32.2 Å². The number of carbonyl (C=O) groups is 2. The van der Waals surface area contributed by atoms with Crippen molar-refractivity contribution in [3.05, 3.63) is 70.9 Å². The lowest BCUT2D eigenvalue weighted by atomic mass is 9.93. The molecular formula is C22H24N2O5. The van der Waals surface area contributed by atoms with Crippen molar-refractivity contribution >= 4 is 12.0 Å². The van der Waals surface area contributed by atoms with Gasteiger partial charge in [-0.25, -0.2) is 9.59 Å². The van der Waals surface area contributed by atoms with E-state index in [2.05, 4.69) is 5.32 Å². The summed E-state index contributed by atoms with van der Waals surface area (Å²) in [6.45, 7) is 2.08. The molecule has 1 heterocycles. The van der Waals surface area contributed by atoms with Crippen molar-refractivity contribution in [1.29, 1.82) is 0 Å². The zero-order valence-electron chi connectivity index (χ0n) is 16.9. The molecule has 2 aromatic carbocycles. The fourth-order valence-corrected chi connectivity index (χ4v) is 3.41. The number of urea groups is 1. The van der Waals surface area contributed by atoms with Crippen LogP contribution in [0.15, 0.2) is 59.8 Å². The predicted octanol–water partition coefficient (Wildman–Crippen LogP) is 3.42. The predicted molar refractivity (Wildman–Crippen MR) is 108 cm³/mol. The Morgan fingerprint density at radius 3 is 2.41 bits per heavy atom. The zero-order valence-corrected chi connectivity index (χ0v) is 16.9. The third kappa shape index (κ3) is 4.03. The summed E-state index contributed by atoms with van der Waals surface area (Å²) in [6.07, 6.45) is 0. The van der Waals surface area contributed by atoms with Crippen molar-refractivity contribution in [3.63, 3.8) is 0 Å². The van der Waals surface area contributed by atoms with Crippen molar-refractivity contribution in [2.75, 3.05) is 21.3 Å². The van der Waals surface area contributed by atoms with Crippen LogP contribution in [-0.2, 0) is 16.1 Å². The number of amides is 2. The van der Waals surface area contributed by atoms with E-state index < -0.39 is 12.0 Å². The molecule has 1 N–H and O–H groups in total. The summed E-state index contributed by atoms with van der Waals surface area (Å²) in [5.41, 5.74) is 2.43. The molecule has 2 amide bonds. The molecule has 29 heavy (non-hydrogen) atoms. The van der Waals surface area contributed by atoms with Gasteiger partial charge in [-0.15, -0.1) is 0 Å². The van der Waals surface area contributed by atoms with E-state index in [4.69, 9.17) is 14.2 Å². The van der Waals surface area contributed by atoms with Crippen LogP contribution in [0.4, 0.5) is 4.79 Å². The lowest BCUT2D eigenvalue weighted by molar-refractivity contribution is -0.136. The van der Waals surface area contributed by atoms with E-state index >= 15 is 0 Å². The number of ether oxygens (including phenoxy) is 3. The monoisotopic (exact) mass is 396 g/mol. The molecule has 1 aliphatic heterocycles. The van der Waals surface area contributed by atoms with Crippen LogP contribution in [0.2, 0.25) is 0 Å². The number of rotatable bonds is 6. The third-order valence-electron chi connectivity index (χ3n) is 4.93. The molecule has 7 heteroatoms. The molecule has 0 aliphatic carbocycles. The lowest BCUT2D eigenvalue weighted by Crippen LogP contribution is -2.47. The summed E-state index contributed by atoms with van der Waals surface area (Å²) in [4.78, 5) is 27.2. The first-order valence-electron chi connectivity index (χ1n) is 9.13. The van der Waals surface area contributed by atoms with E-state index in [9.17, 15) is 9.59 Å². The summed E-state index contributed by atoms with van der Waals surface area (Å²) in [7, 11) is 4.40. The average Bonchev–Trinajstić information content (AvgIpc) is 2.76. The number of hydrogen-bond acceptors (Lipinski definition) is 5. The minimum atomic E-state index is -0.730. The van der Waals surface area contributed by atoms with Gasteiger partial charge >= 0.3 is 12.0 Å². The number of hydrogen-bond donors (Lipinski definition) is 1. The fraction of sp³-hybridized carbons (Fsp3) is 0.273. The molecule has 0 aromatic heterocycles. The lowest BCUT2D eigenvalue weighted by Gasteiger charge is -2.35. The Morgan fingerprint density at radius 1 is 1.07 bits per heavy atom. The fourth-order valence-electron chi connectivity index (χ4n) is 3.41. The topological polar surface area (TPSA) is 77.1 Å². The van der Waals surface area contributed by atoms with Gasteiger partial charge in [-0.1, -0.05) is 30.3 Å². The van der Waals surface area contributed by atoms with Crippen molar-refractivity contribution < 1.29 is 23.8 Å². The minimum absolute atomic E-state index is 0.311. The molecular weight excluding hydrogens is 372 g/mol. The summed E-state index contributed by atoms with van der Waals surface area (Å²) >= 11 is 0. The minimum Gasteiger partial charge on any atom is -0.497 e. The van der Waals surface area contributed by atoms with Gasteiger partial charge in [-0.05, 0) is 30.7 Å². The Hall–Kier alpha value is -3.48. The second kappa shape index (κ2) is 8.68. The Bertz CT molecular complexity index is 939. The second-order valence-electron chi connectivity index (χ2n) is 6.55. The van der Waals surface area contributed by atoms with E-state index in [1.807, 2.05) is 30.3 Å². The third-order valence-corrected chi connectivity index (χ3v) is 4.93. The SMILES string of the molecule is COC(=O)C1=C(C)N(Cc2ccccc2)C(=O)NC1c1cc(OC)ccc1OC. The van der Waals surface area contributed by atoms with Gasteiger partial charge in [0.2, 0.25) is 0 Å². The van der Waals surface area contributed by atoms with E-state index in [0.717, 1.165) is 5.56 Å². The summed E-state index contributed by atoms with van der Waals surface area (Å²) in [6, 6.07) is 13.8. The van der Waals surface area contributed by atoms with Gasteiger partial charge in [0.1, 0.15) is 11.5 Å². The molecule has 0 radical (unpaired) electrons. The summed E-state index contributed by atoms with van der Waals surface area (Å²) < 4.78 is 15.8. The van der Waals surface area contributed by atoms with Crippen molar-refractivity contribution in [1.82, 2.24) is 10.2 Å². The second-order valence-corrected chi connectivity index (χ2v) is 6.55. The van der Waals surface area contributed by atoms with Gasteiger partial charge in [0, 0.05) is 11.3 Å². The van der Waals surface area contributed by atoms with E-state index in [0.29, 0.717) is 34.9 Å². The molecule has 1 aliphatic rings. The first-order chi connectivity index (χ1) is 14.0. The molecule has 0 fully saturated rings. The largest absolute Gasteiger partial charge is 0.497 e. The van der Waals surface area contributed by atoms with Crippen LogP contribution in [0, 0.1) is 0 Å². The van der Waals surface area contributed by atoms with Crippen molar-refractivity contribution in [2.24, 2.45) is 0 Å². The first-order valence-corrected chi connectivity index (χ1v) is 9.13. The maximum absolute atomic E-state index is 13.0. The Kier molecular flexibility index (Phi) is 6.07. The number of nitrogens with zero attached hydrogens (tertiary/aromatic N) is 1. The van der Waals surface area contributed by atoms with Crippen LogP contribution in [0.25, 0.3) is 0 Å². The molecule has 0 bridgehead atoms. The maximum Gasteiger partial charge on any atom is 0.337 e. The number of allylic oxidation sites excluding steroid dienone is 1. The number of methoxy groups -OCH3 is 3. The van der Waals surface area contributed by atoms with Crippen LogP contribution >= 0.6 is 0 Å². The van der Waals surface area contributed by atoms with Gasteiger partial charge in [0.25, 0.3) is 0 Å². The molecule has 0 spiro atoms. The average molecular weight is 396 g/mol. The number of nitrogens with one attached hydrogen (secondary N) is 1. The number of benzene rings is 2. The Morgan fingerprint density at radius 2 is 1.79 bits per heavy atom. The molecule has 1 unspecified atom stereocenters. The summed E-state index contributed by atoms with van der Waals surface area (Å²) in [5, 5.41) is 2.92. The summed E-state index contributed by atoms with van der Waals surface area (Å²) in [5.74, 6) is 0.598. The van der Waals surface area contributed by atoms with Crippen molar-refractivity contribution in [3.8, 4) is 11.5 Å². The molecule has 0 saturated heterocycles. The highest BCUT2D eigenvalue weighted by Crippen LogP contribution is 2.38. The quantitative estimate of drug-likeness (QED) is 0.757. The molecule has 7 nitrogen and oxygen atoms in total. The van der Waals surface area contributed by atoms with Gasteiger partial charge in [-0.2, -0.15) is 0 Å². The van der Waals surface area contributed by atoms with Crippen LogP contribution in [-0.4, -0.2) is 38.2 Å². The Balaban J connectivity index is 2.10. The zero-order chi connectivity index (χ0) is 21.0. The molecule has 2 aromatic rings. The highest BCUT2D eigenvalue weighted by Gasteiger charge is 2.37. The van der Waals surface area contributed by atoms with Crippen molar-refractivity contribution in [2.45, 2.75) is 19.5 Å². The molecule has 0 saturated carbocycles. The normalized spacial score (nSPS) is 16.3. The van der Waals surface area contributed by atoms with Crippen LogP contribution in [0.3, 0.4) is 0 Å². The highest BCUT2D eigenvalue weighted by molar-refractivity contribution is 5.95. The van der Waals surface area contributed by atoms with Crippen LogP contribution in [0.1, 0.15) is 24.1 Å². The standard InChI is InChI=1S/C22H24N2O5/c1-14-19(21(25)29-4)20(17-12-16(27-2)10-11-18(17)28-3)23-22(26)24(14)13-15-8-6-5-7-9-15/h5-12,20H,13H2,1-4H3,(H,23,26). The van der Waals surface area contributed by atoms with Gasteiger partial charge in [0.05, 0.1) is 39.5 Å². The van der Waals surface area contributed by atoms with Crippen LogP contribution in [0.5, 0.6) is 11.5 Å². The van der Waals surface area contributed by atoms with Gasteiger partial charge in [0.15, 0.2) is 0 Å². The van der Waals surface area contributed by atoms with E-state index in [1.165, 1.54) is 19.1 Å². The van der Waals surface area contributed by atoms with Gasteiger partial charge < -0.3 is 19.5 Å². The molecule has 1 atom stereocenters. The Labute approximate surface area is 169 Å².